The average Bonchev–Trinajstić information content (AvgIpc) is 3.27. The molecule has 4 nitrogen and oxygen atoms in total. The Balaban J connectivity index is 1.57. The highest BCUT2D eigenvalue weighted by molar-refractivity contribution is 5.87. The SMILES string of the molecule is Cc1ccc(-c2cc(=O)c3ccc4c(c3o2)OC(c2ccccc2)(c2ccccc2)O4)cc1. The zero-order valence-electron chi connectivity index (χ0n) is 17.9. The van der Waals surface area contributed by atoms with Crippen LogP contribution in [0.1, 0.15) is 16.7 Å². The molecule has 0 amide bonds. The summed E-state index contributed by atoms with van der Waals surface area (Å²) < 4.78 is 19.4. The van der Waals surface area contributed by atoms with E-state index in [2.05, 4.69) is 0 Å². The molecule has 0 fully saturated rings. The van der Waals surface area contributed by atoms with Crippen molar-refractivity contribution in [3.8, 4) is 22.8 Å². The second-order valence-electron chi connectivity index (χ2n) is 8.16. The van der Waals surface area contributed by atoms with E-state index in [9.17, 15) is 4.79 Å². The van der Waals surface area contributed by atoms with E-state index in [1.54, 1.807) is 12.1 Å². The fourth-order valence-electron chi connectivity index (χ4n) is 4.25. The Labute approximate surface area is 190 Å². The van der Waals surface area contributed by atoms with Gasteiger partial charge in [-0.1, -0.05) is 90.5 Å². The molecule has 4 heteroatoms. The number of hydrogen-bond donors (Lipinski definition) is 0. The Morgan fingerprint density at radius 1 is 0.697 bits per heavy atom. The van der Waals surface area contributed by atoms with Crippen LogP contribution in [-0.2, 0) is 5.79 Å². The zero-order valence-corrected chi connectivity index (χ0v) is 17.9. The van der Waals surface area contributed by atoms with Crippen molar-refractivity contribution < 1.29 is 13.9 Å². The predicted octanol–water partition coefficient (Wildman–Crippen LogP) is 6.44. The first kappa shape index (κ1) is 19.4. The number of hydrogen-bond acceptors (Lipinski definition) is 4. The molecule has 160 valence electrons. The highest BCUT2D eigenvalue weighted by atomic mass is 16.7. The maximum atomic E-state index is 13.0. The summed E-state index contributed by atoms with van der Waals surface area (Å²) in [6.45, 7) is 2.02. The van der Waals surface area contributed by atoms with Crippen molar-refractivity contribution in [1.29, 1.82) is 0 Å². The van der Waals surface area contributed by atoms with Gasteiger partial charge in [0.05, 0.1) is 5.39 Å². The first-order chi connectivity index (χ1) is 16.1. The first-order valence-corrected chi connectivity index (χ1v) is 10.8. The lowest BCUT2D eigenvalue weighted by Crippen LogP contribution is -2.36. The lowest BCUT2D eigenvalue weighted by molar-refractivity contribution is -0.0456. The zero-order chi connectivity index (χ0) is 22.4. The minimum absolute atomic E-state index is 0.129. The monoisotopic (exact) mass is 432 g/mol. The van der Waals surface area contributed by atoms with Crippen LogP contribution in [0, 0.1) is 6.92 Å². The molecule has 0 unspecified atom stereocenters. The van der Waals surface area contributed by atoms with Crippen LogP contribution in [0.25, 0.3) is 22.3 Å². The van der Waals surface area contributed by atoms with Gasteiger partial charge in [-0.15, -0.1) is 0 Å². The second kappa shape index (κ2) is 7.38. The molecular formula is C29H20O4. The van der Waals surface area contributed by atoms with E-state index in [0.29, 0.717) is 28.2 Å². The molecule has 1 aromatic heterocycles. The average molecular weight is 432 g/mol. The Morgan fingerprint density at radius 2 is 1.33 bits per heavy atom. The molecule has 1 aliphatic heterocycles. The normalized spacial score (nSPS) is 13.8. The first-order valence-electron chi connectivity index (χ1n) is 10.8. The van der Waals surface area contributed by atoms with E-state index in [1.165, 1.54) is 6.07 Å². The molecule has 6 rings (SSSR count). The van der Waals surface area contributed by atoms with Gasteiger partial charge in [-0.25, -0.2) is 0 Å². The fourth-order valence-corrected chi connectivity index (χ4v) is 4.25. The lowest BCUT2D eigenvalue weighted by atomic mass is 9.97. The minimum Gasteiger partial charge on any atom is -0.452 e. The van der Waals surface area contributed by atoms with Crippen LogP contribution in [0.4, 0.5) is 0 Å². The molecule has 0 radical (unpaired) electrons. The van der Waals surface area contributed by atoms with Gasteiger partial charge in [0.25, 0.3) is 0 Å². The fraction of sp³-hybridized carbons (Fsp3) is 0.0690. The Morgan fingerprint density at radius 3 is 1.97 bits per heavy atom. The van der Waals surface area contributed by atoms with Crippen molar-refractivity contribution in [3.05, 3.63) is 130 Å². The van der Waals surface area contributed by atoms with Gasteiger partial charge in [-0.2, -0.15) is 0 Å². The summed E-state index contributed by atoms with van der Waals surface area (Å²) in [4.78, 5) is 13.0. The van der Waals surface area contributed by atoms with E-state index in [-0.39, 0.29) is 5.43 Å². The van der Waals surface area contributed by atoms with E-state index in [0.717, 1.165) is 22.3 Å². The van der Waals surface area contributed by atoms with Crippen molar-refractivity contribution in [2.45, 2.75) is 12.7 Å². The number of benzene rings is 4. The van der Waals surface area contributed by atoms with Crippen LogP contribution in [0.2, 0.25) is 0 Å². The molecule has 33 heavy (non-hydrogen) atoms. The molecule has 5 aromatic rings. The quantitative estimate of drug-likeness (QED) is 0.329. The van der Waals surface area contributed by atoms with Gasteiger partial charge >= 0.3 is 5.79 Å². The molecule has 1 aliphatic rings. The molecule has 2 heterocycles. The van der Waals surface area contributed by atoms with E-state index in [4.69, 9.17) is 13.9 Å². The van der Waals surface area contributed by atoms with Crippen LogP contribution in [0.3, 0.4) is 0 Å². The number of ether oxygens (including phenoxy) is 2. The Bertz CT molecular complexity index is 1480. The third-order valence-corrected chi connectivity index (χ3v) is 5.96. The number of aryl methyl sites for hydroxylation is 1. The second-order valence-corrected chi connectivity index (χ2v) is 8.16. The molecule has 4 aromatic carbocycles. The molecule has 0 saturated heterocycles. The van der Waals surface area contributed by atoms with Crippen LogP contribution in [0.15, 0.2) is 112 Å². The van der Waals surface area contributed by atoms with Crippen molar-refractivity contribution in [3.63, 3.8) is 0 Å². The van der Waals surface area contributed by atoms with Crippen LogP contribution in [0.5, 0.6) is 11.5 Å². The van der Waals surface area contributed by atoms with Gasteiger partial charge in [0.1, 0.15) is 5.76 Å². The van der Waals surface area contributed by atoms with E-state index in [1.807, 2.05) is 91.9 Å². The van der Waals surface area contributed by atoms with Gasteiger partial charge in [-0.3, -0.25) is 4.79 Å². The maximum Gasteiger partial charge on any atom is 0.305 e. The van der Waals surface area contributed by atoms with Crippen LogP contribution in [-0.4, -0.2) is 0 Å². The molecule has 0 aliphatic carbocycles. The molecular weight excluding hydrogens is 412 g/mol. The third kappa shape index (κ3) is 3.11. The Kier molecular flexibility index (Phi) is 4.34. The molecule has 0 N–H and O–H groups in total. The van der Waals surface area contributed by atoms with Crippen molar-refractivity contribution in [2.24, 2.45) is 0 Å². The summed E-state index contributed by atoms with van der Waals surface area (Å²) in [5, 5.41) is 0.449. The summed E-state index contributed by atoms with van der Waals surface area (Å²) >= 11 is 0. The van der Waals surface area contributed by atoms with Gasteiger partial charge < -0.3 is 13.9 Å². The predicted molar refractivity (Wildman–Crippen MR) is 128 cm³/mol. The summed E-state index contributed by atoms with van der Waals surface area (Å²) in [5.41, 5.74) is 3.90. The lowest BCUT2D eigenvalue weighted by Gasteiger charge is -2.28. The van der Waals surface area contributed by atoms with Crippen molar-refractivity contribution in [1.82, 2.24) is 0 Å². The smallest absolute Gasteiger partial charge is 0.305 e. The van der Waals surface area contributed by atoms with Gasteiger partial charge in [0, 0.05) is 22.8 Å². The van der Waals surface area contributed by atoms with Gasteiger partial charge in [0.2, 0.25) is 5.75 Å². The minimum atomic E-state index is -1.18. The molecule has 0 atom stereocenters. The van der Waals surface area contributed by atoms with Crippen molar-refractivity contribution >= 4 is 11.0 Å². The van der Waals surface area contributed by atoms with Gasteiger partial charge in [0.15, 0.2) is 16.8 Å². The topological polar surface area (TPSA) is 48.7 Å². The summed E-state index contributed by atoms with van der Waals surface area (Å²) in [5.74, 6) is 0.254. The highest BCUT2D eigenvalue weighted by Crippen LogP contribution is 2.50. The summed E-state index contributed by atoms with van der Waals surface area (Å²) in [7, 11) is 0. The third-order valence-electron chi connectivity index (χ3n) is 5.96. The largest absolute Gasteiger partial charge is 0.452 e. The molecule has 0 saturated carbocycles. The highest BCUT2D eigenvalue weighted by Gasteiger charge is 2.46. The molecule has 0 spiro atoms. The van der Waals surface area contributed by atoms with Gasteiger partial charge in [-0.05, 0) is 19.1 Å². The number of rotatable bonds is 3. The number of fused-ring (bicyclic) bond motifs is 3. The molecule has 0 bridgehead atoms. The standard InChI is InChI=1S/C29H20O4/c1-19-12-14-20(15-13-19)26-18-24(30)23-16-17-25-28(27(23)31-26)33-29(32-25,21-8-4-2-5-9-21)22-10-6-3-7-11-22/h2-18H,1H3. The summed E-state index contributed by atoms with van der Waals surface area (Å²) in [6, 6.07) is 32.5. The van der Waals surface area contributed by atoms with E-state index < -0.39 is 5.79 Å². The maximum absolute atomic E-state index is 13.0. The summed E-state index contributed by atoms with van der Waals surface area (Å²) in [6.07, 6.45) is 0. The van der Waals surface area contributed by atoms with Crippen molar-refractivity contribution in [2.75, 3.05) is 0 Å². The van der Waals surface area contributed by atoms with E-state index >= 15 is 0 Å². The van der Waals surface area contributed by atoms with Crippen LogP contribution >= 0.6 is 0 Å². The Hall–Kier alpha value is -4.31. The van der Waals surface area contributed by atoms with Crippen LogP contribution < -0.4 is 14.9 Å².